The van der Waals surface area contributed by atoms with Gasteiger partial charge in [0.1, 0.15) is 0 Å². The number of rotatable bonds is 3. The summed E-state index contributed by atoms with van der Waals surface area (Å²) in [5, 5.41) is 3.49. The minimum absolute atomic E-state index is 0.0651. The second-order valence-corrected chi connectivity index (χ2v) is 8.26. The van der Waals surface area contributed by atoms with Crippen LogP contribution in [0, 0.1) is 17.8 Å². The Bertz CT molecular complexity index is 727. The third kappa shape index (κ3) is 2.29. The summed E-state index contributed by atoms with van der Waals surface area (Å²) < 4.78 is 2.02. The first-order valence-corrected chi connectivity index (χ1v) is 9.26. The molecule has 0 spiro atoms. The van der Waals surface area contributed by atoms with Crippen LogP contribution in [-0.2, 0) is 0 Å². The zero-order chi connectivity index (χ0) is 16.1. The first-order valence-electron chi connectivity index (χ1n) is 9.26. The van der Waals surface area contributed by atoms with Crippen LogP contribution < -0.4 is 5.32 Å². The predicted octanol–water partition coefficient (Wildman–Crippen LogP) is 4.18. The van der Waals surface area contributed by atoms with E-state index in [1.54, 1.807) is 0 Å². The van der Waals surface area contributed by atoms with E-state index in [-0.39, 0.29) is 11.4 Å². The Balaban J connectivity index is 1.44. The summed E-state index contributed by atoms with van der Waals surface area (Å²) in [5.74, 6) is 2.63. The number of aromatic nitrogens is 1. The van der Waals surface area contributed by atoms with Gasteiger partial charge in [-0.3, -0.25) is 4.79 Å². The minimum atomic E-state index is 0.0651. The summed E-state index contributed by atoms with van der Waals surface area (Å²) in [6.45, 7) is 0. The van der Waals surface area contributed by atoms with Crippen LogP contribution in [0.4, 0.5) is 0 Å². The highest BCUT2D eigenvalue weighted by Crippen LogP contribution is 2.55. The van der Waals surface area contributed by atoms with E-state index in [0.717, 1.165) is 29.0 Å². The lowest BCUT2D eigenvalue weighted by atomic mass is 9.53. The first kappa shape index (κ1) is 14.3. The van der Waals surface area contributed by atoms with Gasteiger partial charge < -0.3 is 9.88 Å². The summed E-state index contributed by atoms with van der Waals surface area (Å²) in [6.07, 6.45) is 11.8. The second kappa shape index (κ2) is 5.23. The van der Waals surface area contributed by atoms with Gasteiger partial charge in [-0.2, -0.15) is 0 Å². The van der Waals surface area contributed by atoms with E-state index in [9.17, 15) is 4.79 Å². The largest absolute Gasteiger partial charge is 0.347 e. The van der Waals surface area contributed by atoms with Gasteiger partial charge in [0.25, 0.3) is 5.91 Å². The number of benzene rings is 1. The smallest absolute Gasteiger partial charge is 0.253 e. The van der Waals surface area contributed by atoms with Gasteiger partial charge in [0.2, 0.25) is 0 Å². The molecule has 1 aromatic heterocycles. The summed E-state index contributed by atoms with van der Waals surface area (Å²) in [5.41, 5.74) is 1.81. The summed E-state index contributed by atoms with van der Waals surface area (Å²) in [7, 11) is 0. The van der Waals surface area contributed by atoms with E-state index in [1.807, 2.05) is 53.4 Å². The number of carbonyl (C=O) groups is 1. The van der Waals surface area contributed by atoms with Crippen molar-refractivity contribution < 1.29 is 4.79 Å². The van der Waals surface area contributed by atoms with Crippen molar-refractivity contribution in [2.24, 2.45) is 17.8 Å². The molecule has 3 nitrogen and oxygen atoms in total. The number of nitrogens with one attached hydrogen (secondary N) is 1. The van der Waals surface area contributed by atoms with E-state index >= 15 is 0 Å². The lowest BCUT2D eigenvalue weighted by Gasteiger charge is -2.56. The molecule has 0 radical (unpaired) electrons. The molecule has 0 aliphatic heterocycles. The third-order valence-electron chi connectivity index (χ3n) is 6.45. The van der Waals surface area contributed by atoms with E-state index in [2.05, 4.69) is 5.32 Å². The van der Waals surface area contributed by atoms with Crippen LogP contribution in [0.3, 0.4) is 0 Å². The van der Waals surface area contributed by atoms with Crippen molar-refractivity contribution in [1.82, 2.24) is 9.88 Å². The molecule has 1 aromatic carbocycles. The van der Waals surface area contributed by atoms with Crippen molar-refractivity contribution in [3.8, 4) is 5.69 Å². The van der Waals surface area contributed by atoms with Crippen molar-refractivity contribution >= 4 is 5.91 Å². The molecule has 1 amide bonds. The Morgan fingerprint density at radius 3 is 2.12 bits per heavy atom. The van der Waals surface area contributed by atoms with Crippen LogP contribution in [-0.4, -0.2) is 16.0 Å². The van der Waals surface area contributed by atoms with Gasteiger partial charge in [0.15, 0.2) is 0 Å². The van der Waals surface area contributed by atoms with Gasteiger partial charge in [0, 0.05) is 17.9 Å². The van der Waals surface area contributed by atoms with Gasteiger partial charge >= 0.3 is 0 Å². The van der Waals surface area contributed by atoms with Crippen molar-refractivity contribution in [3.63, 3.8) is 0 Å². The molecule has 1 N–H and O–H groups in total. The minimum Gasteiger partial charge on any atom is -0.347 e. The molecule has 4 bridgehead atoms. The number of hydrogen-bond donors (Lipinski definition) is 1. The molecule has 124 valence electrons. The van der Waals surface area contributed by atoms with E-state index in [0.29, 0.717) is 0 Å². The van der Waals surface area contributed by atoms with Crippen LogP contribution in [0.25, 0.3) is 5.69 Å². The van der Waals surface area contributed by atoms with Crippen LogP contribution in [0.2, 0.25) is 0 Å². The number of amides is 1. The highest BCUT2D eigenvalue weighted by molar-refractivity contribution is 5.98. The fraction of sp³-hybridized carbons (Fsp3) is 0.476. The maximum absolute atomic E-state index is 13.1. The maximum atomic E-state index is 13.1. The fourth-order valence-electron chi connectivity index (χ4n) is 5.96. The Hall–Kier alpha value is -2.03. The summed E-state index contributed by atoms with van der Waals surface area (Å²) in [6, 6.07) is 11.9. The maximum Gasteiger partial charge on any atom is 0.253 e. The quantitative estimate of drug-likeness (QED) is 0.904. The zero-order valence-corrected chi connectivity index (χ0v) is 13.9. The Morgan fingerprint density at radius 1 is 0.917 bits per heavy atom. The number of carbonyl (C=O) groups excluding carboxylic acids is 1. The molecule has 24 heavy (non-hydrogen) atoms. The highest BCUT2D eigenvalue weighted by atomic mass is 16.1. The van der Waals surface area contributed by atoms with Gasteiger partial charge in [-0.25, -0.2) is 0 Å². The molecule has 4 saturated carbocycles. The molecular weight excluding hydrogens is 296 g/mol. The summed E-state index contributed by atoms with van der Waals surface area (Å²) in [4.78, 5) is 13.1. The van der Waals surface area contributed by atoms with Crippen LogP contribution in [0.15, 0.2) is 48.8 Å². The molecule has 4 fully saturated rings. The molecule has 2 aromatic rings. The molecule has 1 heterocycles. The average molecular weight is 320 g/mol. The van der Waals surface area contributed by atoms with Crippen LogP contribution in [0.1, 0.15) is 48.9 Å². The molecule has 4 aliphatic carbocycles. The number of nitrogens with zero attached hydrogens (tertiary/aromatic N) is 1. The van der Waals surface area contributed by atoms with Gasteiger partial charge in [-0.1, -0.05) is 12.1 Å². The zero-order valence-electron chi connectivity index (χ0n) is 13.9. The van der Waals surface area contributed by atoms with Gasteiger partial charge in [-0.05, 0) is 80.5 Å². The van der Waals surface area contributed by atoms with Gasteiger partial charge in [-0.15, -0.1) is 0 Å². The van der Waals surface area contributed by atoms with E-state index in [4.69, 9.17) is 0 Å². The highest BCUT2D eigenvalue weighted by Gasteiger charge is 2.51. The number of hydrogen-bond acceptors (Lipinski definition) is 1. The second-order valence-electron chi connectivity index (χ2n) is 8.26. The van der Waals surface area contributed by atoms with Gasteiger partial charge in [0.05, 0.1) is 11.3 Å². The van der Waals surface area contributed by atoms with E-state index in [1.165, 1.54) is 38.5 Å². The van der Waals surface area contributed by atoms with Crippen molar-refractivity contribution in [2.75, 3.05) is 0 Å². The lowest BCUT2D eigenvalue weighted by Crippen LogP contribution is -2.59. The Kier molecular flexibility index (Phi) is 3.12. The molecule has 4 aliphatic rings. The van der Waals surface area contributed by atoms with Crippen LogP contribution >= 0.6 is 0 Å². The normalized spacial score (nSPS) is 33.6. The molecular formula is C21H24N2O. The van der Waals surface area contributed by atoms with Crippen molar-refractivity contribution in [2.45, 2.75) is 44.1 Å². The third-order valence-corrected chi connectivity index (χ3v) is 6.45. The topological polar surface area (TPSA) is 34.0 Å². The van der Waals surface area contributed by atoms with Crippen LogP contribution in [0.5, 0.6) is 0 Å². The molecule has 0 atom stereocenters. The molecule has 0 unspecified atom stereocenters. The predicted molar refractivity (Wildman–Crippen MR) is 94.1 cm³/mol. The molecule has 3 heteroatoms. The standard InChI is InChI=1S/C21H24N2O/c24-20(18-5-1-2-6-19(18)23-7-3-4-8-23)22-21-12-15-9-16(13-21)11-17(10-15)14-21/h1-8,15-17H,9-14H2,(H,22,24). The fourth-order valence-corrected chi connectivity index (χ4v) is 5.96. The number of para-hydroxylation sites is 1. The first-order chi connectivity index (χ1) is 11.7. The van der Waals surface area contributed by atoms with E-state index < -0.39 is 0 Å². The Labute approximate surface area is 143 Å². The summed E-state index contributed by atoms with van der Waals surface area (Å²) >= 11 is 0. The SMILES string of the molecule is O=C(NC12CC3CC(CC(C3)C1)C2)c1ccccc1-n1cccc1. The average Bonchev–Trinajstić information content (AvgIpc) is 3.07. The van der Waals surface area contributed by atoms with Crippen molar-refractivity contribution in [1.29, 1.82) is 0 Å². The lowest BCUT2D eigenvalue weighted by molar-refractivity contribution is -0.0166. The molecule has 6 rings (SSSR count). The Morgan fingerprint density at radius 2 is 1.50 bits per heavy atom. The van der Waals surface area contributed by atoms with Crippen molar-refractivity contribution in [3.05, 3.63) is 54.4 Å². The molecule has 0 saturated heterocycles. The monoisotopic (exact) mass is 320 g/mol.